The van der Waals surface area contributed by atoms with Crippen molar-refractivity contribution in [3.8, 4) is 0 Å². The standard InChI is InChI=1S/C14H29N3/c1-12-9-14(15-2)6-8-17(12)11-13-5-4-7-16(3)10-13/h12-15H,4-11H2,1-3H3. The van der Waals surface area contributed by atoms with Gasteiger partial charge in [0.05, 0.1) is 0 Å². The Morgan fingerprint density at radius 2 is 2.06 bits per heavy atom. The van der Waals surface area contributed by atoms with E-state index in [2.05, 4.69) is 36.1 Å². The van der Waals surface area contributed by atoms with Crippen LogP contribution in [0.1, 0.15) is 32.6 Å². The second-order valence-corrected chi connectivity index (χ2v) is 6.12. The molecule has 2 fully saturated rings. The zero-order valence-corrected chi connectivity index (χ0v) is 11.8. The van der Waals surface area contributed by atoms with Gasteiger partial charge >= 0.3 is 0 Å². The average molecular weight is 239 g/mol. The Morgan fingerprint density at radius 3 is 2.71 bits per heavy atom. The molecular weight excluding hydrogens is 210 g/mol. The molecule has 2 aliphatic rings. The lowest BCUT2D eigenvalue weighted by molar-refractivity contribution is 0.0914. The van der Waals surface area contributed by atoms with E-state index >= 15 is 0 Å². The molecule has 0 aromatic carbocycles. The van der Waals surface area contributed by atoms with E-state index in [9.17, 15) is 0 Å². The Labute approximate surface area is 107 Å². The molecule has 3 unspecified atom stereocenters. The summed E-state index contributed by atoms with van der Waals surface area (Å²) in [4.78, 5) is 5.22. The fourth-order valence-corrected chi connectivity index (χ4v) is 3.51. The van der Waals surface area contributed by atoms with Crippen LogP contribution < -0.4 is 5.32 Å². The number of hydrogen-bond acceptors (Lipinski definition) is 3. The van der Waals surface area contributed by atoms with Crippen LogP contribution in [0.3, 0.4) is 0 Å². The molecular formula is C14H29N3. The highest BCUT2D eigenvalue weighted by Crippen LogP contribution is 2.22. The molecule has 3 heteroatoms. The first-order chi connectivity index (χ1) is 8.19. The normalized spacial score (nSPS) is 37.2. The van der Waals surface area contributed by atoms with E-state index < -0.39 is 0 Å². The van der Waals surface area contributed by atoms with Crippen LogP contribution >= 0.6 is 0 Å². The summed E-state index contributed by atoms with van der Waals surface area (Å²) in [6.07, 6.45) is 5.47. The van der Waals surface area contributed by atoms with E-state index in [0.717, 1.165) is 18.0 Å². The third-order valence-electron chi connectivity index (χ3n) is 4.64. The minimum absolute atomic E-state index is 0.746. The average Bonchev–Trinajstić information content (AvgIpc) is 2.32. The molecule has 2 heterocycles. The Balaban J connectivity index is 1.78. The van der Waals surface area contributed by atoms with Crippen LogP contribution in [0.15, 0.2) is 0 Å². The molecule has 0 spiro atoms. The maximum absolute atomic E-state index is 3.43. The van der Waals surface area contributed by atoms with Gasteiger partial charge in [0, 0.05) is 25.2 Å². The molecule has 0 saturated carbocycles. The molecule has 100 valence electrons. The summed E-state index contributed by atoms with van der Waals surface area (Å²) in [5, 5.41) is 3.43. The molecule has 2 saturated heterocycles. The lowest BCUT2D eigenvalue weighted by atomic mass is 9.93. The van der Waals surface area contributed by atoms with Crippen molar-refractivity contribution in [2.24, 2.45) is 5.92 Å². The molecule has 0 aliphatic carbocycles. The maximum atomic E-state index is 3.43. The van der Waals surface area contributed by atoms with Gasteiger partial charge in [0.15, 0.2) is 0 Å². The molecule has 2 rings (SSSR count). The molecule has 2 aliphatic heterocycles. The minimum atomic E-state index is 0.746. The summed E-state index contributed by atoms with van der Waals surface area (Å²) < 4.78 is 0. The summed E-state index contributed by atoms with van der Waals surface area (Å²) in [6, 6.07) is 1.50. The maximum Gasteiger partial charge on any atom is 0.00910 e. The largest absolute Gasteiger partial charge is 0.317 e. The molecule has 0 radical (unpaired) electrons. The number of rotatable bonds is 3. The molecule has 17 heavy (non-hydrogen) atoms. The Kier molecular flexibility index (Phi) is 4.83. The van der Waals surface area contributed by atoms with Gasteiger partial charge in [-0.05, 0) is 65.7 Å². The van der Waals surface area contributed by atoms with Gasteiger partial charge in [-0.2, -0.15) is 0 Å². The van der Waals surface area contributed by atoms with Crippen LogP contribution in [0.25, 0.3) is 0 Å². The van der Waals surface area contributed by atoms with Crippen LogP contribution in [0.5, 0.6) is 0 Å². The summed E-state index contributed by atoms with van der Waals surface area (Å²) in [6.45, 7) is 7.61. The number of piperidine rings is 2. The molecule has 3 nitrogen and oxygen atoms in total. The van der Waals surface area contributed by atoms with Crippen molar-refractivity contribution < 1.29 is 0 Å². The van der Waals surface area contributed by atoms with Gasteiger partial charge in [-0.25, -0.2) is 0 Å². The lowest BCUT2D eigenvalue weighted by Gasteiger charge is -2.41. The topological polar surface area (TPSA) is 18.5 Å². The molecule has 0 aromatic rings. The highest BCUT2D eigenvalue weighted by Gasteiger charge is 2.27. The summed E-state index contributed by atoms with van der Waals surface area (Å²) in [7, 11) is 4.37. The van der Waals surface area contributed by atoms with Crippen LogP contribution in [0.4, 0.5) is 0 Å². The fraction of sp³-hybridized carbons (Fsp3) is 1.00. The summed E-state index contributed by atoms with van der Waals surface area (Å²) in [5.41, 5.74) is 0. The third kappa shape index (κ3) is 3.67. The van der Waals surface area contributed by atoms with Gasteiger partial charge in [0.1, 0.15) is 0 Å². The van der Waals surface area contributed by atoms with E-state index in [-0.39, 0.29) is 0 Å². The van der Waals surface area contributed by atoms with Gasteiger partial charge in [0.25, 0.3) is 0 Å². The van der Waals surface area contributed by atoms with Gasteiger partial charge in [-0.15, -0.1) is 0 Å². The van der Waals surface area contributed by atoms with Crippen molar-refractivity contribution in [3.05, 3.63) is 0 Å². The number of nitrogens with one attached hydrogen (secondary N) is 1. The summed E-state index contributed by atoms with van der Waals surface area (Å²) >= 11 is 0. The first-order valence-electron chi connectivity index (χ1n) is 7.29. The van der Waals surface area contributed by atoms with Gasteiger partial charge in [-0.3, -0.25) is 0 Å². The van der Waals surface area contributed by atoms with Crippen molar-refractivity contribution in [2.75, 3.05) is 40.3 Å². The second-order valence-electron chi connectivity index (χ2n) is 6.12. The van der Waals surface area contributed by atoms with Gasteiger partial charge in [0.2, 0.25) is 0 Å². The monoisotopic (exact) mass is 239 g/mol. The minimum Gasteiger partial charge on any atom is -0.317 e. The third-order valence-corrected chi connectivity index (χ3v) is 4.64. The van der Waals surface area contributed by atoms with E-state index in [0.29, 0.717) is 0 Å². The van der Waals surface area contributed by atoms with Crippen molar-refractivity contribution in [2.45, 2.75) is 44.7 Å². The van der Waals surface area contributed by atoms with Crippen molar-refractivity contribution in [1.29, 1.82) is 0 Å². The predicted molar refractivity (Wildman–Crippen MR) is 73.3 cm³/mol. The Hall–Kier alpha value is -0.120. The molecule has 0 aromatic heterocycles. The quantitative estimate of drug-likeness (QED) is 0.803. The smallest absolute Gasteiger partial charge is 0.00910 e. The zero-order chi connectivity index (χ0) is 12.3. The SMILES string of the molecule is CNC1CCN(CC2CCCN(C)C2)C(C)C1. The number of nitrogens with zero attached hydrogens (tertiary/aromatic N) is 2. The zero-order valence-electron chi connectivity index (χ0n) is 11.8. The van der Waals surface area contributed by atoms with Crippen molar-refractivity contribution in [1.82, 2.24) is 15.1 Å². The highest BCUT2D eigenvalue weighted by atomic mass is 15.2. The molecule has 3 atom stereocenters. The van der Waals surface area contributed by atoms with Crippen LogP contribution in [-0.4, -0.2) is 62.2 Å². The highest BCUT2D eigenvalue weighted by molar-refractivity contribution is 4.84. The molecule has 1 N–H and O–H groups in total. The fourth-order valence-electron chi connectivity index (χ4n) is 3.51. The molecule has 0 amide bonds. The Morgan fingerprint density at radius 1 is 1.24 bits per heavy atom. The van der Waals surface area contributed by atoms with E-state index in [1.807, 2.05) is 0 Å². The first-order valence-corrected chi connectivity index (χ1v) is 7.29. The van der Waals surface area contributed by atoms with Gasteiger partial charge < -0.3 is 15.1 Å². The van der Waals surface area contributed by atoms with E-state index in [1.54, 1.807) is 0 Å². The van der Waals surface area contributed by atoms with Gasteiger partial charge in [-0.1, -0.05) is 0 Å². The lowest BCUT2D eigenvalue weighted by Crippen LogP contribution is -2.49. The summed E-state index contributed by atoms with van der Waals surface area (Å²) in [5.74, 6) is 0.905. The van der Waals surface area contributed by atoms with Crippen molar-refractivity contribution >= 4 is 0 Å². The first kappa shape index (κ1) is 13.3. The number of hydrogen-bond donors (Lipinski definition) is 1. The predicted octanol–water partition coefficient (Wildman–Crippen LogP) is 1.40. The molecule has 0 bridgehead atoms. The van der Waals surface area contributed by atoms with Crippen LogP contribution in [0, 0.1) is 5.92 Å². The number of likely N-dealkylation sites (tertiary alicyclic amines) is 2. The van der Waals surface area contributed by atoms with E-state index in [1.165, 1.54) is 51.9 Å². The van der Waals surface area contributed by atoms with E-state index in [4.69, 9.17) is 0 Å². The van der Waals surface area contributed by atoms with Crippen molar-refractivity contribution in [3.63, 3.8) is 0 Å². The van der Waals surface area contributed by atoms with Crippen LogP contribution in [-0.2, 0) is 0 Å². The second kappa shape index (κ2) is 6.17. The van der Waals surface area contributed by atoms with Crippen LogP contribution in [0.2, 0.25) is 0 Å². The Bertz CT molecular complexity index is 232.